The van der Waals surface area contributed by atoms with Gasteiger partial charge in [0.05, 0.1) is 12.5 Å². The molecule has 2 fully saturated rings. The fourth-order valence-corrected chi connectivity index (χ4v) is 5.52. The summed E-state index contributed by atoms with van der Waals surface area (Å²) in [5.74, 6) is 0.728. The fraction of sp³-hybridized carbons (Fsp3) is 0.650. The summed E-state index contributed by atoms with van der Waals surface area (Å²) in [7, 11) is 0. The van der Waals surface area contributed by atoms with Gasteiger partial charge in [-0.05, 0) is 67.4 Å². The van der Waals surface area contributed by atoms with Crippen molar-refractivity contribution >= 4 is 5.91 Å². The summed E-state index contributed by atoms with van der Waals surface area (Å²) in [5, 5.41) is 0. The van der Waals surface area contributed by atoms with Gasteiger partial charge in [0.15, 0.2) is 0 Å². The third kappa shape index (κ3) is 2.64. The van der Waals surface area contributed by atoms with Crippen LogP contribution in [0, 0.1) is 22.7 Å². The topological polar surface area (TPSA) is 56.2 Å². The van der Waals surface area contributed by atoms with Gasteiger partial charge in [0.25, 0.3) is 0 Å². The number of fused-ring (bicyclic) bond motifs is 1. The van der Waals surface area contributed by atoms with E-state index in [2.05, 4.69) is 20.4 Å². The normalized spacial score (nSPS) is 37.4. The first-order valence-corrected chi connectivity index (χ1v) is 8.86. The molecule has 0 saturated heterocycles. The second-order valence-electron chi connectivity index (χ2n) is 8.11. The molecule has 3 heteroatoms. The number of hydrogen-bond donors (Lipinski definition) is 1. The summed E-state index contributed by atoms with van der Waals surface area (Å²) >= 11 is 0. The molecule has 1 amide bonds. The number of rotatable bonds is 4. The van der Waals surface area contributed by atoms with Crippen LogP contribution < -0.4 is 5.73 Å². The number of furan rings is 1. The van der Waals surface area contributed by atoms with Gasteiger partial charge in [-0.2, -0.15) is 0 Å². The molecule has 0 radical (unpaired) electrons. The van der Waals surface area contributed by atoms with Crippen molar-refractivity contribution in [2.24, 2.45) is 28.4 Å². The zero-order chi connectivity index (χ0) is 16.7. The van der Waals surface area contributed by atoms with Crippen LogP contribution in [0.25, 0.3) is 0 Å². The quantitative estimate of drug-likeness (QED) is 0.833. The van der Waals surface area contributed by atoms with Gasteiger partial charge < -0.3 is 10.2 Å². The number of amides is 1. The lowest BCUT2D eigenvalue weighted by molar-refractivity contribution is -0.142. The fourth-order valence-electron chi connectivity index (χ4n) is 5.52. The van der Waals surface area contributed by atoms with Crippen LogP contribution in [-0.4, -0.2) is 5.91 Å². The highest BCUT2D eigenvalue weighted by atomic mass is 16.3. The SMILES string of the molecule is C=C1CC[C@H]2[C@@](C)(C(N)=O)CCC[C@]2(C)C1CCc1ccoc1. The third-order valence-corrected chi connectivity index (χ3v) is 6.88. The highest BCUT2D eigenvalue weighted by Gasteiger charge is 2.56. The van der Waals surface area contributed by atoms with E-state index in [1.54, 1.807) is 6.26 Å². The minimum atomic E-state index is -0.360. The van der Waals surface area contributed by atoms with Gasteiger partial charge in [0.2, 0.25) is 5.91 Å². The van der Waals surface area contributed by atoms with Gasteiger partial charge in [-0.25, -0.2) is 0 Å². The first-order chi connectivity index (χ1) is 10.9. The molecule has 2 saturated carbocycles. The van der Waals surface area contributed by atoms with Crippen molar-refractivity contribution in [3.8, 4) is 0 Å². The zero-order valence-corrected chi connectivity index (χ0v) is 14.4. The average molecular weight is 315 g/mol. The minimum Gasteiger partial charge on any atom is -0.472 e. The van der Waals surface area contributed by atoms with Crippen molar-refractivity contribution < 1.29 is 9.21 Å². The summed E-state index contributed by atoms with van der Waals surface area (Å²) in [4.78, 5) is 12.2. The molecule has 126 valence electrons. The van der Waals surface area contributed by atoms with Crippen molar-refractivity contribution in [3.05, 3.63) is 36.3 Å². The van der Waals surface area contributed by atoms with Crippen LogP contribution in [0.5, 0.6) is 0 Å². The zero-order valence-electron chi connectivity index (χ0n) is 14.4. The summed E-state index contributed by atoms with van der Waals surface area (Å²) in [6, 6.07) is 2.04. The van der Waals surface area contributed by atoms with Crippen LogP contribution in [-0.2, 0) is 11.2 Å². The summed E-state index contributed by atoms with van der Waals surface area (Å²) < 4.78 is 5.19. The van der Waals surface area contributed by atoms with Crippen LogP contribution in [0.3, 0.4) is 0 Å². The Labute approximate surface area is 139 Å². The Morgan fingerprint density at radius 3 is 2.87 bits per heavy atom. The van der Waals surface area contributed by atoms with E-state index >= 15 is 0 Å². The van der Waals surface area contributed by atoms with Gasteiger partial charge in [0.1, 0.15) is 0 Å². The van der Waals surface area contributed by atoms with E-state index in [4.69, 9.17) is 10.2 Å². The van der Waals surface area contributed by atoms with Crippen molar-refractivity contribution in [1.82, 2.24) is 0 Å². The molecule has 2 aliphatic carbocycles. The number of hydrogen-bond acceptors (Lipinski definition) is 2. The van der Waals surface area contributed by atoms with Crippen molar-refractivity contribution in [3.63, 3.8) is 0 Å². The summed E-state index contributed by atoms with van der Waals surface area (Å²) in [6.07, 6.45) is 10.9. The molecule has 0 bridgehead atoms. The van der Waals surface area contributed by atoms with Crippen LogP contribution in [0.2, 0.25) is 0 Å². The second-order valence-corrected chi connectivity index (χ2v) is 8.11. The number of nitrogens with two attached hydrogens (primary N) is 1. The molecule has 0 spiro atoms. The number of allylic oxidation sites excluding steroid dienone is 1. The van der Waals surface area contributed by atoms with Crippen molar-refractivity contribution in [2.45, 2.75) is 58.8 Å². The van der Waals surface area contributed by atoms with E-state index in [9.17, 15) is 4.79 Å². The van der Waals surface area contributed by atoms with E-state index in [-0.39, 0.29) is 16.7 Å². The smallest absolute Gasteiger partial charge is 0.223 e. The molecule has 1 heterocycles. The number of aryl methyl sites for hydroxylation is 1. The molecular weight excluding hydrogens is 286 g/mol. The highest BCUT2D eigenvalue weighted by Crippen LogP contribution is 2.61. The lowest BCUT2D eigenvalue weighted by Crippen LogP contribution is -2.55. The minimum absolute atomic E-state index is 0.116. The monoisotopic (exact) mass is 315 g/mol. The number of carbonyl (C=O) groups excluding carboxylic acids is 1. The first-order valence-electron chi connectivity index (χ1n) is 8.86. The van der Waals surface area contributed by atoms with Gasteiger partial charge in [0, 0.05) is 5.41 Å². The first kappa shape index (κ1) is 16.4. The van der Waals surface area contributed by atoms with E-state index in [0.29, 0.717) is 11.8 Å². The molecule has 3 nitrogen and oxygen atoms in total. The van der Waals surface area contributed by atoms with Gasteiger partial charge in [-0.3, -0.25) is 4.79 Å². The summed E-state index contributed by atoms with van der Waals surface area (Å²) in [5.41, 5.74) is 8.21. The maximum Gasteiger partial charge on any atom is 0.223 e. The van der Waals surface area contributed by atoms with Gasteiger partial charge >= 0.3 is 0 Å². The van der Waals surface area contributed by atoms with Crippen LogP contribution in [0.15, 0.2) is 35.2 Å². The van der Waals surface area contributed by atoms with E-state index in [0.717, 1.165) is 38.5 Å². The van der Waals surface area contributed by atoms with E-state index in [1.165, 1.54) is 17.6 Å². The Morgan fingerprint density at radius 1 is 1.43 bits per heavy atom. The maximum atomic E-state index is 12.2. The molecule has 0 aromatic carbocycles. The van der Waals surface area contributed by atoms with Crippen LogP contribution >= 0.6 is 0 Å². The number of carbonyl (C=O) groups is 1. The van der Waals surface area contributed by atoms with E-state index in [1.807, 2.05) is 12.3 Å². The molecule has 3 rings (SSSR count). The van der Waals surface area contributed by atoms with E-state index < -0.39 is 0 Å². The molecule has 1 aromatic rings. The average Bonchev–Trinajstić information content (AvgIpc) is 2.99. The Morgan fingerprint density at radius 2 is 2.22 bits per heavy atom. The van der Waals surface area contributed by atoms with Crippen LogP contribution in [0.1, 0.15) is 57.9 Å². The Hall–Kier alpha value is -1.51. The predicted molar refractivity (Wildman–Crippen MR) is 91.6 cm³/mol. The number of primary amides is 1. The molecule has 2 N–H and O–H groups in total. The van der Waals surface area contributed by atoms with Crippen molar-refractivity contribution in [1.29, 1.82) is 0 Å². The standard InChI is InChI=1S/C20H29NO2/c1-14-5-8-17-19(2,10-4-11-20(17,3)18(21)22)16(14)7-6-15-9-12-23-13-15/h9,12-13,16-17H,1,4-8,10-11H2,2-3H3,(H2,21,22)/t16?,17-,19-,20+/m1/s1. The predicted octanol–water partition coefficient (Wildman–Crippen LogP) is 4.48. The Bertz CT molecular complexity index is 591. The van der Waals surface area contributed by atoms with Crippen LogP contribution in [0.4, 0.5) is 0 Å². The van der Waals surface area contributed by atoms with Gasteiger partial charge in [-0.1, -0.05) is 32.4 Å². The Balaban J connectivity index is 1.86. The second kappa shape index (κ2) is 5.85. The van der Waals surface area contributed by atoms with Gasteiger partial charge in [-0.15, -0.1) is 0 Å². The molecular formula is C20H29NO2. The molecule has 1 aromatic heterocycles. The lowest BCUT2D eigenvalue weighted by atomic mass is 9.46. The third-order valence-electron chi connectivity index (χ3n) is 6.88. The highest BCUT2D eigenvalue weighted by molar-refractivity contribution is 5.81. The summed E-state index contributed by atoms with van der Waals surface area (Å²) in [6.45, 7) is 8.86. The largest absolute Gasteiger partial charge is 0.472 e. The molecule has 1 unspecified atom stereocenters. The van der Waals surface area contributed by atoms with Crippen molar-refractivity contribution in [2.75, 3.05) is 0 Å². The molecule has 23 heavy (non-hydrogen) atoms. The Kier molecular flexibility index (Phi) is 4.16. The maximum absolute atomic E-state index is 12.2. The molecule has 2 aliphatic rings. The molecule has 0 aliphatic heterocycles. The lowest BCUT2D eigenvalue weighted by Gasteiger charge is -2.57. The molecule has 4 atom stereocenters.